The molecule has 0 saturated heterocycles. The molecule has 1 heterocycles. The molecule has 1 aliphatic heterocycles. The van der Waals surface area contributed by atoms with Crippen molar-refractivity contribution in [1.82, 2.24) is 21.1 Å². The maximum absolute atomic E-state index is 11.7. The quantitative estimate of drug-likeness (QED) is 0.118. The minimum Gasteiger partial charge on any atom is -0.443 e. The van der Waals surface area contributed by atoms with Gasteiger partial charge in [0.15, 0.2) is 0 Å². The molecular weight excluding hydrogens is 492 g/mol. The molecule has 37 heavy (non-hydrogen) atoms. The van der Waals surface area contributed by atoms with Gasteiger partial charge in [-0.25, -0.2) is 10.2 Å². The molecule has 0 spiro atoms. The van der Waals surface area contributed by atoms with Crippen LogP contribution in [0, 0.1) is 0 Å². The van der Waals surface area contributed by atoms with Crippen LogP contribution < -0.4 is 16.2 Å². The Hall–Kier alpha value is -3.07. The molecule has 0 atom stereocenters. The number of imide groups is 1. The van der Waals surface area contributed by atoms with Crippen LogP contribution in [0.1, 0.15) is 33.6 Å². The molecule has 3 N–H and O–H groups in total. The molecule has 0 aromatic carbocycles. The maximum Gasteiger partial charge on any atom is 0.426 e. The third-order valence-corrected chi connectivity index (χ3v) is 4.32. The van der Waals surface area contributed by atoms with E-state index in [2.05, 4.69) is 16.2 Å². The van der Waals surface area contributed by atoms with Gasteiger partial charge < -0.3 is 29.0 Å². The second-order valence-electron chi connectivity index (χ2n) is 8.64. The van der Waals surface area contributed by atoms with E-state index >= 15 is 0 Å². The third kappa shape index (κ3) is 17.1. The topological polar surface area (TPSA) is 171 Å². The molecule has 1 rings (SSSR count). The summed E-state index contributed by atoms with van der Waals surface area (Å²) in [6.45, 7) is 8.10. The first kappa shape index (κ1) is 32.0. The zero-order valence-electron chi connectivity index (χ0n) is 21.7. The average Bonchev–Trinajstić information content (AvgIpc) is 3.14. The van der Waals surface area contributed by atoms with E-state index in [-0.39, 0.29) is 31.9 Å². The fourth-order valence-corrected chi connectivity index (χ4v) is 2.63. The second kappa shape index (κ2) is 18.2. The lowest BCUT2D eigenvalue weighted by molar-refractivity contribution is -0.137. The van der Waals surface area contributed by atoms with Crippen LogP contribution in [0.4, 0.5) is 4.79 Å². The highest BCUT2D eigenvalue weighted by Crippen LogP contribution is 2.06. The first-order valence-electron chi connectivity index (χ1n) is 12.0. The Morgan fingerprint density at radius 3 is 1.78 bits per heavy atom. The molecule has 14 heteroatoms. The van der Waals surface area contributed by atoms with E-state index in [9.17, 15) is 24.0 Å². The van der Waals surface area contributed by atoms with E-state index in [1.54, 1.807) is 20.8 Å². The molecule has 1 aliphatic rings. The largest absolute Gasteiger partial charge is 0.443 e. The molecule has 0 unspecified atom stereocenters. The van der Waals surface area contributed by atoms with Crippen molar-refractivity contribution in [3.63, 3.8) is 0 Å². The lowest BCUT2D eigenvalue weighted by Crippen LogP contribution is -2.44. The number of carbonyl (C=O) groups is 5. The Balaban J connectivity index is 1.81. The van der Waals surface area contributed by atoms with Gasteiger partial charge in [-0.3, -0.25) is 29.5 Å². The van der Waals surface area contributed by atoms with Crippen LogP contribution in [0.5, 0.6) is 0 Å². The zero-order chi connectivity index (χ0) is 27.5. The Morgan fingerprint density at radius 1 is 0.730 bits per heavy atom. The number of hydrazine groups is 1. The normalized spacial score (nSPS) is 13.1. The predicted molar refractivity (Wildman–Crippen MR) is 129 cm³/mol. The van der Waals surface area contributed by atoms with Crippen molar-refractivity contribution in [2.45, 2.75) is 39.2 Å². The van der Waals surface area contributed by atoms with Crippen molar-refractivity contribution in [2.75, 3.05) is 65.9 Å². The zero-order valence-corrected chi connectivity index (χ0v) is 21.7. The van der Waals surface area contributed by atoms with Crippen molar-refractivity contribution < 1.29 is 47.7 Å². The van der Waals surface area contributed by atoms with Crippen LogP contribution in [-0.2, 0) is 42.9 Å². The van der Waals surface area contributed by atoms with Gasteiger partial charge in [0, 0.05) is 31.7 Å². The van der Waals surface area contributed by atoms with Crippen LogP contribution in [0.2, 0.25) is 0 Å². The summed E-state index contributed by atoms with van der Waals surface area (Å²) < 4.78 is 26.3. The third-order valence-electron chi connectivity index (χ3n) is 4.32. The Bertz CT molecular complexity index is 764. The molecule has 0 radical (unpaired) electrons. The van der Waals surface area contributed by atoms with E-state index in [1.165, 1.54) is 12.2 Å². The number of nitrogens with one attached hydrogen (secondary N) is 3. The Morgan fingerprint density at radius 2 is 1.24 bits per heavy atom. The summed E-state index contributed by atoms with van der Waals surface area (Å²) >= 11 is 0. The molecule has 0 aromatic rings. The van der Waals surface area contributed by atoms with Crippen LogP contribution in [-0.4, -0.2) is 106 Å². The van der Waals surface area contributed by atoms with Crippen molar-refractivity contribution in [3.05, 3.63) is 12.2 Å². The number of ether oxygens (including phenoxy) is 5. The number of hydrogen-bond donors (Lipinski definition) is 3. The maximum atomic E-state index is 11.7. The van der Waals surface area contributed by atoms with Gasteiger partial charge in [0.25, 0.3) is 11.8 Å². The van der Waals surface area contributed by atoms with Crippen LogP contribution in [0.15, 0.2) is 12.2 Å². The van der Waals surface area contributed by atoms with E-state index in [1.807, 2.05) is 0 Å². The van der Waals surface area contributed by atoms with Crippen LogP contribution in [0.25, 0.3) is 0 Å². The van der Waals surface area contributed by atoms with E-state index < -0.39 is 29.4 Å². The smallest absolute Gasteiger partial charge is 0.426 e. The first-order valence-corrected chi connectivity index (χ1v) is 12.0. The van der Waals surface area contributed by atoms with Gasteiger partial charge in [-0.05, 0) is 20.8 Å². The van der Waals surface area contributed by atoms with Gasteiger partial charge in [0.1, 0.15) is 5.60 Å². The predicted octanol–water partition coefficient (Wildman–Crippen LogP) is -0.570. The van der Waals surface area contributed by atoms with Gasteiger partial charge >= 0.3 is 6.09 Å². The Kier molecular flexibility index (Phi) is 15.7. The van der Waals surface area contributed by atoms with Crippen molar-refractivity contribution in [2.24, 2.45) is 0 Å². The molecule has 0 fully saturated rings. The number of hydrogen-bond acceptors (Lipinski definition) is 10. The number of nitrogens with zero attached hydrogens (tertiary/aromatic N) is 1. The minimum absolute atomic E-state index is 0.0377. The lowest BCUT2D eigenvalue weighted by atomic mass is 10.2. The highest BCUT2D eigenvalue weighted by atomic mass is 16.6. The van der Waals surface area contributed by atoms with Gasteiger partial charge in [0.2, 0.25) is 11.8 Å². The molecule has 0 bridgehead atoms. The molecule has 0 saturated carbocycles. The molecule has 210 valence electrons. The molecular formula is C23H38N4O10. The summed E-state index contributed by atoms with van der Waals surface area (Å²) in [5, 5.41) is 2.65. The highest BCUT2D eigenvalue weighted by Gasteiger charge is 2.23. The fraction of sp³-hybridized carbons (Fsp3) is 0.696. The minimum atomic E-state index is -0.740. The van der Waals surface area contributed by atoms with Crippen molar-refractivity contribution >= 4 is 29.7 Å². The summed E-state index contributed by atoms with van der Waals surface area (Å²) in [6, 6.07) is 0. The Labute approximate surface area is 216 Å². The first-order chi connectivity index (χ1) is 17.6. The monoisotopic (exact) mass is 530 g/mol. The van der Waals surface area contributed by atoms with Gasteiger partial charge in [-0.15, -0.1) is 0 Å². The summed E-state index contributed by atoms with van der Waals surface area (Å²) in [5.74, 6) is -1.50. The fourth-order valence-electron chi connectivity index (χ4n) is 2.63. The van der Waals surface area contributed by atoms with Gasteiger partial charge in [0.05, 0.1) is 59.3 Å². The molecule has 14 nitrogen and oxygen atoms in total. The second-order valence-corrected chi connectivity index (χ2v) is 8.64. The molecule has 0 aliphatic carbocycles. The number of rotatable bonds is 18. The molecule has 5 amide bonds. The average molecular weight is 531 g/mol. The summed E-state index contributed by atoms with van der Waals surface area (Å²) in [6.07, 6.45) is 1.73. The van der Waals surface area contributed by atoms with Crippen LogP contribution >= 0.6 is 0 Å². The van der Waals surface area contributed by atoms with E-state index in [4.69, 9.17) is 23.7 Å². The van der Waals surface area contributed by atoms with Crippen molar-refractivity contribution in [3.8, 4) is 0 Å². The lowest BCUT2D eigenvalue weighted by Gasteiger charge is -2.19. The van der Waals surface area contributed by atoms with Gasteiger partial charge in [-0.2, -0.15) is 0 Å². The highest BCUT2D eigenvalue weighted by molar-refractivity contribution is 6.13. The van der Waals surface area contributed by atoms with E-state index in [0.29, 0.717) is 52.8 Å². The standard InChI is InChI=1S/C23H38N4O10/c1-23(2,3)37-22(32)26-25-19(29)7-10-33-12-14-35-16-17-36-15-13-34-11-8-24-18(28)6-9-27-20(30)4-5-21(27)31/h4-5H,6-17H2,1-3H3,(H,24,28)(H,25,29)(H,26,32). The van der Waals surface area contributed by atoms with Crippen LogP contribution in [0.3, 0.4) is 0 Å². The number of carbonyl (C=O) groups excluding carboxylic acids is 5. The molecule has 0 aromatic heterocycles. The van der Waals surface area contributed by atoms with Gasteiger partial charge in [-0.1, -0.05) is 0 Å². The summed E-state index contributed by atoms with van der Waals surface area (Å²) in [5.41, 5.74) is 3.73. The van der Waals surface area contributed by atoms with E-state index in [0.717, 1.165) is 4.90 Å². The SMILES string of the molecule is CC(C)(C)OC(=O)NNC(=O)CCOCCOCCOCCOCCNC(=O)CCN1C(=O)C=CC1=O. The number of amides is 5. The summed E-state index contributed by atoms with van der Waals surface area (Å²) in [4.78, 5) is 58.5. The summed E-state index contributed by atoms with van der Waals surface area (Å²) in [7, 11) is 0. The van der Waals surface area contributed by atoms with Crippen molar-refractivity contribution in [1.29, 1.82) is 0 Å².